The summed E-state index contributed by atoms with van der Waals surface area (Å²) in [5.74, 6) is -4.26. The van der Waals surface area contributed by atoms with Gasteiger partial charge in [-0.2, -0.15) is 5.26 Å². The van der Waals surface area contributed by atoms with Crippen LogP contribution in [0.25, 0.3) is 0 Å². The number of nitriles is 1. The van der Waals surface area contributed by atoms with Gasteiger partial charge in [0, 0.05) is 38.3 Å². The fourth-order valence-corrected chi connectivity index (χ4v) is 2.11. The molecule has 0 radical (unpaired) electrons. The van der Waals surface area contributed by atoms with Crippen molar-refractivity contribution >= 4 is 5.91 Å². The molecular formula is C13H12F3N3O. The van der Waals surface area contributed by atoms with Crippen molar-refractivity contribution in [2.45, 2.75) is 0 Å². The van der Waals surface area contributed by atoms with Crippen molar-refractivity contribution < 1.29 is 18.0 Å². The van der Waals surface area contributed by atoms with Crippen LogP contribution in [0.1, 0.15) is 10.4 Å². The molecule has 20 heavy (non-hydrogen) atoms. The molecule has 1 amide bonds. The molecule has 0 atom stereocenters. The molecule has 0 saturated carbocycles. The molecule has 1 aromatic rings. The molecule has 1 aromatic carbocycles. The van der Waals surface area contributed by atoms with Crippen molar-refractivity contribution in [1.82, 2.24) is 9.80 Å². The number of carbonyl (C=O) groups is 1. The second-order valence-corrected chi connectivity index (χ2v) is 4.47. The number of halogens is 3. The standard InChI is InChI=1S/C13H12F3N3O/c14-9-7-10(15)12(11(16)8-9)13(20)19-5-3-18(2-1-17)4-6-19/h7-8H,2-6H2. The highest BCUT2D eigenvalue weighted by molar-refractivity contribution is 5.94. The highest BCUT2D eigenvalue weighted by Crippen LogP contribution is 2.17. The van der Waals surface area contributed by atoms with Crippen molar-refractivity contribution in [1.29, 1.82) is 5.26 Å². The first-order chi connectivity index (χ1) is 9.52. The summed E-state index contributed by atoms with van der Waals surface area (Å²) in [5, 5.41) is 8.56. The fourth-order valence-electron chi connectivity index (χ4n) is 2.11. The normalized spacial score (nSPS) is 16.0. The van der Waals surface area contributed by atoms with Crippen LogP contribution in [0.15, 0.2) is 12.1 Å². The van der Waals surface area contributed by atoms with Crippen molar-refractivity contribution in [3.05, 3.63) is 35.1 Å². The molecule has 2 rings (SSSR count). The first-order valence-electron chi connectivity index (χ1n) is 6.06. The molecule has 106 valence electrons. The lowest BCUT2D eigenvalue weighted by Crippen LogP contribution is -2.49. The Kier molecular flexibility index (Phi) is 4.25. The molecule has 0 unspecified atom stereocenters. The SMILES string of the molecule is N#CCN1CCN(C(=O)c2c(F)cc(F)cc2F)CC1. The predicted molar refractivity (Wildman–Crippen MR) is 64.3 cm³/mol. The molecule has 1 heterocycles. The minimum Gasteiger partial charge on any atom is -0.336 e. The highest BCUT2D eigenvalue weighted by Gasteiger charge is 2.27. The molecule has 0 bridgehead atoms. The van der Waals surface area contributed by atoms with Gasteiger partial charge >= 0.3 is 0 Å². The molecule has 0 spiro atoms. The van der Waals surface area contributed by atoms with E-state index in [0.29, 0.717) is 25.2 Å². The van der Waals surface area contributed by atoms with Crippen LogP contribution in [0, 0.1) is 28.8 Å². The minimum absolute atomic E-state index is 0.251. The lowest BCUT2D eigenvalue weighted by Gasteiger charge is -2.33. The zero-order chi connectivity index (χ0) is 14.7. The summed E-state index contributed by atoms with van der Waals surface area (Å²) in [4.78, 5) is 15.2. The summed E-state index contributed by atoms with van der Waals surface area (Å²) in [6.07, 6.45) is 0. The Hall–Kier alpha value is -2.07. The topological polar surface area (TPSA) is 47.3 Å². The van der Waals surface area contributed by atoms with Gasteiger partial charge in [-0.1, -0.05) is 0 Å². The first-order valence-corrected chi connectivity index (χ1v) is 6.06. The van der Waals surface area contributed by atoms with Gasteiger partial charge in [0.1, 0.15) is 23.0 Å². The predicted octanol–water partition coefficient (Wildman–Crippen LogP) is 1.39. The van der Waals surface area contributed by atoms with Gasteiger partial charge in [-0.15, -0.1) is 0 Å². The molecule has 4 nitrogen and oxygen atoms in total. The van der Waals surface area contributed by atoms with Crippen LogP contribution in [0.5, 0.6) is 0 Å². The number of carbonyl (C=O) groups excluding carboxylic acids is 1. The largest absolute Gasteiger partial charge is 0.336 e. The number of piperazine rings is 1. The Balaban J connectivity index is 2.12. The third kappa shape index (κ3) is 2.91. The molecule has 1 fully saturated rings. The zero-order valence-corrected chi connectivity index (χ0v) is 10.6. The summed E-state index contributed by atoms with van der Waals surface area (Å²) in [6, 6.07) is 2.98. The number of hydrogen-bond donors (Lipinski definition) is 0. The Bertz CT molecular complexity index is 539. The lowest BCUT2D eigenvalue weighted by molar-refractivity contribution is 0.0642. The van der Waals surface area contributed by atoms with Gasteiger partial charge < -0.3 is 4.90 Å². The number of rotatable bonds is 2. The smallest absolute Gasteiger partial charge is 0.259 e. The second-order valence-electron chi connectivity index (χ2n) is 4.47. The zero-order valence-electron chi connectivity index (χ0n) is 10.6. The summed E-state index contributed by atoms with van der Waals surface area (Å²) in [7, 11) is 0. The van der Waals surface area contributed by atoms with Crippen molar-refractivity contribution in [3.63, 3.8) is 0 Å². The summed E-state index contributed by atoms with van der Waals surface area (Å²) >= 11 is 0. The Morgan fingerprint density at radius 1 is 1.15 bits per heavy atom. The van der Waals surface area contributed by atoms with Crippen LogP contribution in [0.4, 0.5) is 13.2 Å². The van der Waals surface area contributed by atoms with Crippen molar-refractivity contribution in [2.24, 2.45) is 0 Å². The molecule has 1 aliphatic heterocycles. The number of benzene rings is 1. The van der Waals surface area contributed by atoms with E-state index < -0.39 is 28.9 Å². The van der Waals surface area contributed by atoms with E-state index in [1.807, 2.05) is 11.0 Å². The van der Waals surface area contributed by atoms with Gasteiger partial charge in [0.25, 0.3) is 5.91 Å². The van der Waals surface area contributed by atoms with E-state index in [1.165, 1.54) is 4.90 Å². The van der Waals surface area contributed by atoms with Gasteiger partial charge in [0.2, 0.25) is 0 Å². The molecule has 1 saturated heterocycles. The quantitative estimate of drug-likeness (QED) is 0.771. The van der Waals surface area contributed by atoms with Crippen LogP contribution in [0.3, 0.4) is 0 Å². The van der Waals surface area contributed by atoms with E-state index in [2.05, 4.69) is 0 Å². The van der Waals surface area contributed by atoms with Crippen LogP contribution in [-0.2, 0) is 0 Å². The van der Waals surface area contributed by atoms with E-state index in [-0.39, 0.29) is 19.6 Å². The fraction of sp³-hybridized carbons (Fsp3) is 0.385. The van der Waals surface area contributed by atoms with Gasteiger partial charge in [-0.05, 0) is 0 Å². The third-order valence-electron chi connectivity index (χ3n) is 3.17. The van der Waals surface area contributed by atoms with Gasteiger partial charge in [0.15, 0.2) is 0 Å². The Labute approximate surface area is 114 Å². The monoisotopic (exact) mass is 283 g/mol. The average molecular weight is 283 g/mol. The average Bonchev–Trinajstić information content (AvgIpc) is 2.38. The Morgan fingerprint density at radius 2 is 1.70 bits per heavy atom. The van der Waals surface area contributed by atoms with E-state index >= 15 is 0 Å². The Morgan fingerprint density at radius 3 is 2.20 bits per heavy atom. The van der Waals surface area contributed by atoms with Crippen LogP contribution in [0.2, 0.25) is 0 Å². The maximum atomic E-state index is 13.5. The second kappa shape index (κ2) is 5.92. The highest BCUT2D eigenvalue weighted by atomic mass is 19.1. The number of hydrogen-bond acceptors (Lipinski definition) is 3. The maximum absolute atomic E-state index is 13.5. The van der Waals surface area contributed by atoms with E-state index in [9.17, 15) is 18.0 Å². The molecule has 0 aromatic heterocycles. The number of nitrogens with zero attached hydrogens (tertiary/aromatic N) is 3. The van der Waals surface area contributed by atoms with Crippen molar-refractivity contribution in [3.8, 4) is 6.07 Å². The van der Waals surface area contributed by atoms with Crippen LogP contribution < -0.4 is 0 Å². The van der Waals surface area contributed by atoms with E-state index in [0.717, 1.165) is 0 Å². The lowest BCUT2D eigenvalue weighted by atomic mass is 10.1. The van der Waals surface area contributed by atoms with Gasteiger partial charge in [0.05, 0.1) is 12.6 Å². The molecule has 1 aliphatic rings. The molecule has 0 N–H and O–H groups in total. The molecule has 0 aliphatic carbocycles. The maximum Gasteiger partial charge on any atom is 0.259 e. The van der Waals surface area contributed by atoms with Crippen LogP contribution >= 0.6 is 0 Å². The summed E-state index contributed by atoms with van der Waals surface area (Å²) < 4.78 is 39.9. The summed E-state index contributed by atoms with van der Waals surface area (Å²) in [6.45, 7) is 1.72. The molecule has 7 heteroatoms. The number of amides is 1. The first kappa shape index (κ1) is 14.3. The van der Waals surface area contributed by atoms with Crippen molar-refractivity contribution in [2.75, 3.05) is 32.7 Å². The van der Waals surface area contributed by atoms with Gasteiger partial charge in [-0.25, -0.2) is 13.2 Å². The summed E-state index contributed by atoms with van der Waals surface area (Å²) in [5.41, 5.74) is -0.736. The molecular weight excluding hydrogens is 271 g/mol. The minimum atomic E-state index is -1.20. The third-order valence-corrected chi connectivity index (χ3v) is 3.17. The van der Waals surface area contributed by atoms with Crippen LogP contribution in [-0.4, -0.2) is 48.4 Å². The van der Waals surface area contributed by atoms with E-state index in [4.69, 9.17) is 5.26 Å². The van der Waals surface area contributed by atoms with E-state index in [1.54, 1.807) is 0 Å². The van der Waals surface area contributed by atoms with Gasteiger partial charge in [-0.3, -0.25) is 9.69 Å².